The maximum atomic E-state index is 11.3. The summed E-state index contributed by atoms with van der Waals surface area (Å²) in [4.78, 5) is 44.9. The summed E-state index contributed by atoms with van der Waals surface area (Å²) in [5.74, 6) is -2.87. The number of hydrogen-bond acceptors (Lipinski definition) is 10. The van der Waals surface area contributed by atoms with E-state index in [1.807, 2.05) is 0 Å². The summed E-state index contributed by atoms with van der Waals surface area (Å²) in [5, 5.41) is 10.0. The minimum absolute atomic E-state index is 0.366. The number of aliphatic hydroxyl groups excluding tert-OH is 1. The SMILES string of the molecule is CC(=O)OCC1OC(O)[C@@H](OC(C)=O)[C@H](OC(C)=O)[C@@H]1OC(C)=O. The number of carbonyl (C=O) groups excluding carboxylic acids is 4. The highest BCUT2D eigenvalue weighted by atomic mass is 16.7. The summed E-state index contributed by atoms with van der Waals surface area (Å²) in [6, 6.07) is 0. The molecule has 1 aliphatic rings. The van der Waals surface area contributed by atoms with Crippen molar-refractivity contribution >= 4 is 23.9 Å². The summed E-state index contributed by atoms with van der Waals surface area (Å²) < 4.78 is 25.0. The van der Waals surface area contributed by atoms with Crippen LogP contribution < -0.4 is 0 Å². The largest absolute Gasteiger partial charge is 0.463 e. The molecule has 10 nitrogen and oxygen atoms in total. The van der Waals surface area contributed by atoms with Crippen molar-refractivity contribution in [3.63, 3.8) is 0 Å². The summed E-state index contributed by atoms with van der Waals surface area (Å²) in [5.41, 5.74) is 0. The fourth-order valence-electron chi connectivity index (χ4n) is 2.21. The van der Waals surface area contributed by atoms with Crippen LogP contribution in [0, 0.1) is 0 Å². The van der Waals surface area contributed by atoms with Gasteiger partial charge in [-0.3, -0.25) is 19.2 Å². The standard InChI is InChI=1S/C14H20O10/c1-6(15)20-5-10-11(21-7(2)16)12(22-8(3)17)13(14(19)24-10)23-9(4)18/h10-14,19H,5H2,1-4H3/t10?,11-,12-,13+,14?/m1/s1. The van der Waals surface area contributed by atoms with Crippen molar-refractivity contribution in [2.45, 2.75) is 58.4 Å². The van der Waals surface area contributed by atoms with E-state index in [0.717, 1.165) is 27.7 Å². The van der Waals surface area contributed by atoms with E-state index in [0.29, 0.717) is 0 Å². The number of hydrogen-bond donors (Lipinski definition) is 1. The van der Waals surface area contributed by atoms with Crippen LogP contribution in [0.25, 0.3) is 0 Å². The molecule has 1 heterocycles. The maximum Gasteiger partial charge on any atom is 0.303 e. The number of esters is 4. The highest BCUT2D eigenvalue weighted by Gasteiger charge is 2.51. The minimum Gasteiger partial charge on any atom is -0.463 e. The average Bonchev–Trinajstić information content (AvgIpc) is 2.42. The Morgan fingerprint density at radius 2 is 1.25 bits per heavy atom. The maximum absolute atomic E-state index is 11.3. The number of aliphatic hydroxyl groups is 1. The van der Waals surface area contributed by atoms with Crippen LogP contribution in [0.15, 0.2) is 0 Å². The van der Waals surface area contributed by atoms with Gasteiger partial charge in [0.1, 0.15) is 12.7 Å². The van der Waals surface area contributed by atoms with Crippen molar-refractivity contribution in [2.24, 2.45) is 0 Å². The predicted octanol–water partition coefficient (Wildman–Crippen LogP) is -0.938. The molecule has 0 aromatic carbocycles. The Hall–Kier alpha value is -2.20. The van der Waals surface area contributed by atoms with Gasteiger partial charge in [-0.05, 0) is 0 Å². The van der Waals surface area contributed by atoms with E-state index in [1.165, 1.54) is 0 Å². The first kappa shape index (κ1) is 19.8. The molecule has 0 spiro atoms. The molecule has 0 saturated carbocycles. The van der Waals surface area contributed by atoms with Gasteiger partial charge in [0.15, 0.2) is 24.6 Å². The van der Waals surface area contributed by atoms with Crippen LogP contribution in [-0.2, 0) is 42.9 Å². The third-order valence-electron chi connectivity index (χ3n) is 2.97. The molecule has 136 valence electrons. The van der Waals surface area contributed by atoms with Crippen LogP contribution in [0.3, 0.4) is 0 Å². The molecule has 0 amide bonds. The molecular formula is C14H20O10. The van der Waals surface area contributed by atoms with E-state index < -0.39 is 54.6 Å². The number of ether oxygens (including phenoxy) is 5. The van der Waals surface area contributed by atoms with E-state index in [9.17, 15) is 24.3 Å². The van der Waals surface area contributed by atoms with Gasteiger partial charge in [0.2, 0.25) is 0 Å². The zero-order chi connectivity index (χ0) is 18.4. The van der Waals surface area contributed by atoms with E-state index >= 15 is 0 Å². The smallest absolute Gasteiger partial charge is 0.303 e. The van der Waals surface area contributed by atoms with E-state index in [2.05, 4.69) is 0 Å². The van der Waals surface area contributed by atoms with Crippen molar-refractivity contribution < 1.29 is 48.0 Å². The highest BCUT2D eigenvalue weighted by molar-refractivity contribution is 5.68. The fraction of sp³-hybridized carbons (Fsp3) is 0.714. The zero-order valence-corrected chi connectivity index (χ0v) is 13.7. The molecule has 1 rings (SSSR count). The van der Waals surface area contributed by atoms with Crippen LogP contribution in [0.2, 0.25) is 0 Å². The molecule has 24 heavy (non-hydrogen) atoms. The zero-order valence-electron chi connectivity index (χ0n) is 13.7. The molecule has 2 unspecified atom stereocenters. The molecule has 5 atom stereocenters. The Balaban J connectivity index is 3.11. The van der Waals surface area contributed by atoms with Gasteiger partial charge in [0, 0.05) is 27.7 Å². The van der Waals surface area contributed by atoms with E-state index in [4.69, 9.17) is 23.7 Å². The normalized spacial score (nSPS) is 29.3. The van der Waals surface area contributed by atoms with Crippen molar-refractivity contribution in [2.75, 3.05) is 6.61 Å². The lowest BCUT2D eigenvalue weighted by Crippen LogP contribution is -2.62. The van der Waals surface area contributed by atoms with Gasteiger partial charge in [-0.15, -0.1) is 0 Å². The Labute approximate surface area is 137 Å². The molecule has 1 saturated heterocycles. The van der Waals surface area contributed by atoms with Gasteiger partial charge in [0.05, 0.1) is 0 Å². The van der Waals surface area contributed by atoms with E-state index in [1.54, 1.807) is 0 Å². The van der Waals surface area contributed by atoms with Crippen LogP contribution >= 0.6 is 0 Å². The minimum atomic E-state index is -1.68. The molecule has 0 bridgehead atoms. The van der Waals surface area contributed by atoms with Crippen molar-refractivity contribution in [1.82, 2.24) is 0 Å². The molecule has 0 aliphatic carbocycles. The molecule has 0 aromatic heterocycles. The van der Waals surface area contributed by atoms with Gasteiger partial charge < -0.3 is 28.8 Å². The molecule has 10 heteroatoms. The number of carbonyl (C=O) groups is 4. The lowest BCUT2D eigenvalue weighted by atomic mass is 9.98. The fourth-order valence-corrected chi connectivity index (χ4v) is 2.21. The molecular weight excluding hydrogens is 328 g/mol. The molecule has 1 N–H and O–H groups in total. The Morgan fingerprint density at radius 3 is 1.71 bits per heavy atom. The average molecular weight is 348 g/mol. The topological polar surface area (TPSA) is 135 Å². The molecule has 0 radical (unpaired) electrons. The lowest BCUT2D eigenvalue weighted by molar-refractivity contribution is -0.296. The third kappa shape index (κ3) is 5.78. The first-order chi connectivity index (χ1) is 11.1. The summed E-state index contributed by atoms with van der Waals surface area (Å²) in [6.45, 7) is 4.09. The van der Waals surface area contributed by atoms with Crippen LogP contribution in [-0.4, -0.2) is 66.3 Å². The molecule has 1 fully saturated rings. The second-order valence-electron chi connectivity index (χ2n) is 5.09. The Kier molecular flexibility index (Phi) is 7.11. The van der Waals surface area contributed by atoms with Gasteiger partial charge in [-0.25, -0.2) is 0 Å². The first-order valence-electron chi connectivity index (χ1n) is 7.10. The first-order valence-corrected chi connectivity index (χ1v) is 7.10. The second kappa shape index (κ2) is 8.60. The summed E-state index contributed by atoms with van der Waals surface area (Å²) >= 11 is 0. The van der Waals surface area contributed by atoms with Gasteiger partial charge in [-0.2, -0.15) is 0 Å². The van der Waals surface area contributed by atoms with Crippen LogP contribution in [0.1, 0.15) is 27.7 Å². The Morgan fingerprint density at radius 1 is 0.792 bits per heavy atom. The predicted molar refractivity (Wildman–Crippen MR) is 74.2 cm³/mol. The molecule has 0 aromatic rings. The monoisotopic (exact) mass is 348 g/mol. The Bertz CT molecular complexity index is 502. The third-order valence-corrected chi connectivity index (χ3v) is 2.97. The number of rotatable bonds is 5. The van der Waals surface area contributed by atoms with Gasteiger partial charge in [0.25, 0.3) is 0 Å². The lowest BCUT2D eigenvalue weighted by Gasteiger charge is -2.42. The summed E-state index contributed by atoms with van der Waals surface area (Å²) in [6.07, 6.45) is -6.79. The van der Waals surface area contributed by atoms with Gasteiger partial charge in [-0.1, -0.05) is 0 Å². The van der Waals surface area contributed by atoms with Crippen LogP contribution in [0.5, 0.6) is 0 Å². The van der Waals surface area contributed by atoms with Gasteiger partial charge >= 0.3 is 23.9 Å². The van der Waals surface area contributed by atoms with Crippen molar-refractivity contribution in [3.8, 4) is 0 Å². The van der Waals surface area contributed by atoms with E-state index in [-0.39, 0.29) is 6.61 Å². The van der Waals surface area contributed by atoms with Crippen molar-refractivity contribution in [3.05, 3.63) is 0 Å². The molecule has 1 aliphatic heterocycles. The van der Waals surface area contributed by atoms with Crippen molar-refractivity contribution in [1.29, 1.82) is 0 Å². The second-order valence-corrected chi connectivity index (χ2v) is 5.09. The summed E-state index contributed by atoms with van der Waals surface area (Å²) in [7, 11) is 0. The quantitative estimate of drug-likeness (QED) is 0.490. The highest BCUT2D eigenvalue weighted by Crippen LogP contribution is 2.28. The van der Waals surface area contributed by atoms with Crippen LogP contribution in [0.4, 0.5) is 0 Å².